The first-order chi connectivity index (χ1) is 11.8. The molecule has 1 aromatic carbocycles. The summed E-state index contributed by atoms with van der Waals surface area (Å²) in [6.07, 6.45) is 4.78. The Morgan fingerprint density at radius 1 is 1.46 bits per heavy atom. The van der Waals surface area contributed by atoms with E-state index in [-0.39, 0.29) is 18.2 Å². The second-order valence-corrected chi connectivity index (χ2v) is 6.16. The Kier molecular flexibility index (Phi) is 5.72. The van der Waals surface area contributed by atoms with Gasteiger partial charge in [-0.05, 0) is 48.4 Å². The summed E-state index contributed by atoms with van der Waals surface area (Å²) in [6.45, 7) is 1.81. The lowest BCUT2D eigenvalue weighted by Gasteiger charge is -2.23. The minimum absolute atomic E-state index is 0.0479. The Bertz CT molecular complexity index is 664. The van der Waals surface area contributed by atoms with Crippen LogP contribution in [0.2, 0.25) is 0 Å². The number of aromatic amines is 1. The van der Waals surface area contributed by atoms with Crippen LogP contribution in [-0.2, 0) is 15.9 Å². The molecule has 0 spiro atoms. The zero-order valence-electron chi connectivity index (χ0n) is 14.0. The van der Waals surface area contributed by atoms with Gasteiger partial charge in [0.05, 0.1) is 18.8 Å². The minimum Gasteiger partial charge on any atom is -0.382 e. The molecule has 1 aliphatic heterocycles. The average Bonchev–Trinajstić information content (AvgIpc) is 3.25. The third-order valence-electron chi connectivity index (χ3n) is 4.39. The lowest BCUT2D eigenvalue weighted by molar-refractivity contribution is 0.0470. The van der Waals surface area contributed by atoms with Crippen molar-refractivity contribution in [3.05, 3.63) is 36.0 Å². The smallest absolute Gasteiger partial charge is 0.315 e. The quantitative estimate of drug-likeness (QED) is 0.728. The molecule has 0 saturated carbocycles. The number of benzene rings is 1. The summed E-state index contributed by atoms with van der Waals surface area (Å²) in [5.74, 6) is 0. The van der Waals surface area contributed by atoms with Crippen LogP contribution in [0.25, 0.3) is 10.9 Å². The molecule has 1 fully saturated rings. The normalized spacial score (nSPS) is 18.6. The number of amides is 2. The molecule has 2 aromatic rings. The molecule has 2 heterocycles. The van der Waals surface area contributed by atoms with Crippen LogP contribution in [0.15, 0.2) is 30.5 Å². The van der Waals surface area contributed by atoms with Crippen LogP contribution in [0, 0.1) is 0 Å². The van der Waals surface area contributed by atoms with Crippen LogP contribution in [0.4, 0.5) is 4.79 Å². The molecule has 24 heavy (non-hydrogen) atoms. The van der Waals surface area contributed by atoms with Crippen molar-refractivity contribution >= 4 is 16.9 Å². The number of carbonyl (C=O) groups is 1. The number of carbonyl (C=O) groups excluding carboxylic acids is 1. The lowest BCUT2D eigenvalue weighted by atomic mass is 10.1. The molecule has 1 aromatic heterocycles. The standard InChI is InChI=1S/C18H25N3O3/c1-23-12-16(17-3-2-10-24-17)21-18(22)20-8-6-13-4-5-15-14(11-13)7-9-19-15/h4-5,7,9,11,16-17,19H,2-3,6,8,10,12H2,1H3,(H2,20,21,22)/t16-,17-/m0/s1. The Balaban J connectivity index is 1.45. The minimum atomic E-state index is -0.171. The summed E-state index contributed by atoms with van der Waals surface area (Å²) < 4.78 is 10.8. The highest BCUT2D eigenvalue weighted by Crippen LogP contribution is 2.16. The zero-order valence-corrected chi connectivity index (χ0v) is 14.0. The summed E-state index contributed by atoms with van der Waals surface area (Å²) in [5, 5.41) is 7.07. The Morgan fingerprint density at radius 2 is 2.38 bits per heavy atom. The SMILES string of the molecule is COC[C@H](NC(=O)NCCc1ccc2[nH]ccc2c1)[C@@H]1CCCO1. The number of methoxy groups -OCH3 is 1. The van der Waals surface area contributed by atoms with E-state index in [4.69, 9.17) is 9.47 Å². The molecule has 1 aliphatic rings. The number of aromatic nitrogens is 1. The summed E-state index contributed by atoms with van der Waals surface area (Å²) in [5.41, 5.74) is 2.33. The zero-order chi connectivity index (χ0) is 16.8. The molecular formula is C18H25N3O3. The number of H-pyrrole nitrogens is 1. The lowest BCUT2D eigenvalue weighted by Crippen LogP contribution is -2.50. The Hall–Kier alpha value is -2.05. The Labute approximate surface area is 141 Å². The first-order valence-electron chi connectivity index (χ1n) is 8.47. The molecule has 2 amide bonds. The van der Waals surface area contributed by atoms with Crippen molar-refractivity contribution in [1.29, 1.82) is 0 Å². The van der Waals surface area contributed by atoms with E-state index < -0.39 is 0 Å². The van der Waals surface area contributed by atoms with Crippen LogP contribution in [0.1, 0.15) is 18.4 Å². The molecule has 3 rings (SSSR count). The number of ether oxygens (including phenoxy) is 2. The van der Waals surface area contributed by atoms with Crippen LogP contribution in [-0.4, -0.2) is 50.0 Å². The van der Waals surface area contributed by atoms with Gasteiger partial charge >= 0.3 is 6.03 Å². The van der Waals surface area contributed by atoms with Gasteiger partial charge in [-0.3, -0.25) is 0 Å². The van der Waals surface area contributed by atoms with E-state index in [1.54, 1.807) is 7.11 Å². The van der Waals surface area contributed by atoms with Crippen molar-refractivity contribution in [3.63, 3.8) is 0 Å². The largest absolute Gasteiger partial charge is 0.382 e. The van der Waals surface area contributed by atoms with Gasteiger partial charge in [-0.2, -0.15) is 0 Å². The molecule has 0 aliphatic carbocycles. The van der Waals surface area contributed by atoms with Gasteiger partial charge in [-0.25, -0.2) is 4.79 Å². The van der Waals surface area contributed by atoms with Crippen molar-refractivity contribution in [3.8, 4) is 0 Å². The predicted octanol–water partition coefficient (Wildman–Crippen LogP) is 2.20. The van der Waals surface area contributed by atoms with Gasteiger partial charge in [-0.15, -0.1) is 0 Å². The molecule has 0 radical (unpaired) electrons. The number of hydrogen-bond acceptors (Lipinski definition) is 3. The number of hydrogen-bond donors (Lipinski definition) is 3. The van der Waals surface area contributed by atoms with E-state index >= 15 is 0 Å². The number of rotatable bonds is 7. The third kappa shape index (κ3) is 4.27. The molecule has 6 heteroatoms. The number of urea groups is 1. The molecule has 130 valence electrons. The summed E-state index contributed by atoms with van der Waals surface area (Å²) in [4.78, 5) is 15.3. The van der Waals surface area contributed by atoms with Crippen LogP contribution < -0.4 is 10.6 Å². The van der Waals surface area contributed by atoms with Gasteiger partial charge in [0, 0.05) is 32.0 Å². The molecular weight excluding hydrogens is 306 g/mol. The maximum absolute atomic E-state index is 12.1. The fourth-order valence-corrected chi connectivity index (χ4v) is 3.14. The van der Waals surface area contributed by atoms with Gasteiger partial charge in [0.15, 0.2) is 0 Å². The number of nitrogens with one attached hydrogen (secondary N) is 3. The first-order valence-corrected chi connectivity index (χ1v) is 8.47. The maximum atomic E-state index is 12.1. The third-order valence-corrected chi connectivity index (χ3v) is 4.39. The number of fused-ring (bicyclic) bond motifs is 1. The van der Waals surface area contributed by atoms with Gasteiger partial charge in [0.1, 0.15) is 0 Å². The molecule has 0 bridgehead atoms. The van der Waals surface area contributed by atoms with Gasteiger partial charge in [0.25, 0.3) is 0 Å². The van der Waals surface area contributed by atoms with E-state index in [1.807, 2.05) is 6.20 Å². The molecule has 1 saturated heterocycles. The fourth-order valence-electron chi connectivity index (χ4n) is 3.14. The summed E-state index contributed by atoms with van der Waals surface area (Å²) in [6, 6.07) is 8.07. The van der Waals surface area contributed by atoms with E-state index in [9.17, 15) is 4.79 Å². The molecule has 2 atom stereocenters. The highest BCUT2D eigenvalue weighted by Gasteiger charge is 2.27. The molecule has 3 N–H and O–H groups in total. The maximum Gasteiger partial charge on any atom is 0.315 e. The second kappa shape index (κ2) is 8.17. The fraction of sp³-hybridized carbons (Fsp3) is 0.500. The van der Waals surface area contributed by atoms with Crippen molar-refractivity contribution in [1.82, 2.24) is 15.6 Å². The van der Waals surface area contributed by atoms with E-state index in [0.717, 1.165) is 31.4 Å². The summed E-state index contributed by atoms with van der Waals surface area (Å²) in [7, 11) is 1.64. The predicted molar refractivity (Wildman–Crippen MR) is 93.2 cm³/mol. The van der Waals surface area contributed by atoms with Gasteiger partial charge in [-0.1, -0.05) is 6.07 Å². The topological polar surface area (TPSA) is 75.4 Å². The summed E-state index contributed by atoms with van der Waals surface area (Å²) >= 11 is 0. The second-order valence-electron chi connectivity index (χ2n) is 6.16. The van der Waals surface area contributed by atoms with E-state index in [0.29, 0.717) is 13.2 Å². The van der Waals surface area contributed by atoms with Crippen LogP contribution in [0.5, 0.6) is 0 Å². The van der Waals surface area contributed by atoms with Crippen molar-refractivity contribution in [2.75, 3.05) is 26.9 Å². The monoisotopic (exact) mass is 331 g/mol. The average molecular weight is 331 g/mol. The van der Waals surface area contributed by atoms with Crippen LogP contribution >= 0.6 is 0 Å². The molecule has 0 unspecified atom stereocenters. The molecule has 6 nitrogen and oxygen atoms in total. The van der Waals surface area contributed by atoms with Crippen molar-refractivity contribution < 1.29 is 14.3 Å². The van der Waals surface area contributed by atoms with E-state index in [1.165, 1.54) is 10.9 Å². The van der Waals surface area contributed by atoms with Gasteiger partial charge in [0.2, 0.25) is 0 Å². The highest BCUT2D eigenvalue weighted by atomic mass is 16.5. The highest BCUT2D eigenvalue weighted by molar-refractivity contribution is 5.80. The Morgan fingerprint density at radius 3 is 3.17 bits per heavy atom. The van der Waals surface area contributed by atoms with Crippen molar-refractivity contribution in [2.45, 2.75) is 31.4 Å². The first kappa shape index (κ1) is 16.8. The van der Waals surface area contributed by atoms with Crippen LogP contribution in [0.3, 0.4) is 0 Å². The van der Waals surface area contributed by atoms with E-state index in [2.05, 4.69) is 39.9 Å². The van der Waals surface area contributed by atoms with Gasteiger partial charge < -0.3 is 25.1 Å². The van der Waals surface area contributed by atoms with Crippen molar-refractivity contribution in [2.24, 2.45) is 0 Å².